The predicted octanol–water partition coefficient (Wildman–Crippen LogP) is -0.261. The van der Waals surface area contributed by atoms with Gasteiger partial charge in [0.15, 0.2) is 0 Å². The summed E-state index contributed by atoms with van der Waals surface area (Å²) in [6.07, 6.45) is 1.71. The maximum absolute atomic E-state index is 10.7. The van der Waals surface area contributed by atoms with Crippen molar-refractivity contribution in [1.29, 1.82) is 0 Å². The first-order valence-corrected chi connectivity index (χ1v) is 7.47. The summed E-state index contributed by atoms with van der Waals surface area (Å²) in [7, 11) is -3.29. The molecule has 0 aromatic carbocycles. The zero-order valence-electron chi connectivity index (χ0n) is 8.83. The van der Waals surface area contributed by atoms with Crippen LogP contribution in [0.5, 0.6) is 0 Å². The molecule has 2 N–H and O–H groups in total. The SMILES string of the molecule is CC(C=NS(C)(=O)=O)CSCC(O)CO. The monoisotopic (exact) mass is 255 g/mol. The van der Waals surface area contributed by atoms with Crippen LogP contribution in [0.4, 0.5) is 0 Å². The number of sulfonamides is 1. The van der Waals surface area contributed by atoms with Crippen LogP contribution >= 0.6 is 11.8 Å². The Kier molecular flexibility index (Phi) is 7.16. The molecule has 0 aliphatic heterocycles. The Balaban J connectivity index is 3.76. The normalized spacial score (nSPS) is 16.8. The van der Waals surface area contributed by atoms with Crippen molar-refractivity contribution in [3.63, 3.8) is 0 Å². The summed E-state index contributed by atoms with van der Waals surface area (Å²) in [4.78, 5) is 0. The third kappa shape index (κ3) is 10.2. The quantitative estimate of drug-likeness (QED) is 0.612. The summed E-state index contributed by atoms with van der Waals surface area (Å²) in [5.41, 5.74) is 0. The van der Waals surface area contributed by atoms with E-state index in [-0.39, 0.29) is 12.5 Å². The lowest BCUT2D eigenvalue weighted by Crippen LogP contribution is -2.16. The number of aliphatic hydroxyl groups excluding tert-OH is 2. The van der Waals surface area contributed by atoms with Gasteiger partial charge in [0.25, 0.3) is 0 Å². The van der Waals surface area contributed by atoms with E-state index in [0.717, 1.165) is 6.26 Å². The van der Waals surface area contributed by atoms with Crippen molar-refractivity contribution in [2.45, 2.75) is 13.0 Å². The molecule has 0 heterocycles. The lowest BCUT2D eigenvalue weighted by atomic mass is 10.2. The number of thioether (sulfide) groups is 1. The fourth-order valence-corrected chi connectivity index (χ4v) is 2.10. The van der Waals surface area contributed by atoms with Crippen molar-refractivity contribution in [3.05, 3.63) is 0 Å². The average molecular weight is 255 g/mol. The number of aliphatic hydroxyl groups is 2. The largest absolute Gasteiger partial charge is 0.394 e. The van der Waals surface area contributed by atoms with E-state index in [1.807, 2.05) is 6.92 Å². The van der Waals surface area contributed by atoms with Crippen LogP contribution in [0.25, 0.3) is 0 Å². The molecule has 0 amide bonds. The van der Waals surface area contributed by atoms with E-state index in [2.05, 4.69) is 4.40 Å². The summed E-state index contributed by atoms with van der Waals surface area (Å²) in [5.74, 6) is 1.12. The van der Waals surface area contributed by atoms with Crippen LogP contribution in [0, 0.1) is 5.92 Å². The van der Waals surface area contributed by atoms with Crippen LogP contribution in [-0.4, -0.2) is 55.3 Å². The fourth-order valence-electron chi connectivity index (χ4n) is 0.700. The predicted molar refractivity (Wildman–Crippen MR) is 62.9 cm³/mol. The zero-order valence-corrected chi connectivity index (χ0v) is 10.5. The van der Waals surface area contributed by atoms with Crippen LogP contribution < -0.4 is 0 Å². The summed E-state index contributed by atoms with van der Waals surface area (Å²) in [6.45, 7) is 1.59. The molecule has 0 aliphatic carbocycles. The van der Waals surface area contributed by atoms with Crippen LogP contribution in [0.3, 0.4) is 0 Å². The number of rotatable bonds is 7. The van der Waals surface area contributed by atoms with E-state index in [1.54, 1.807) is 0 Å². The second-order valence-corrected chi connectivity index (χ2v) is 6.09. The molecule has 5 nitrogen and oxygen atoms in total. The summed E-state index contributed by atoms with van der Waals surface area (Å²) < 4.78 is 24.8. The van der Waals surface area contributed by atoms with Gasteiger partial charge < -0.3 is 10.2 Å². The summed E-state index contributed by atoms with van der Waals surface area (Å²) in [5, 5.41) is 17.6. The second kappa shape index (κ2) is 7.21. The molecule has 0 saturated heterocycles. The standard InChI is InChI=1S/C8H17NO4S2/c1-7(3-9-15(2,12)13)5-14-6-8(11)4-10/h3,7-8,10-11H,4-6H2,1-2H3. The Morgan fingerprint density at radius 1 is 1.47 bits per heavy atom. The molecule has 0 rings (SSSR count). The Bertz CT molecular complexity index is 289. The molecule has 2 atom stereocenters. The van der Waals surface area contributed by atoms with E-state index in [1.165, 1.54) is 18.0 Å². The van der Waals surface area contributed by atoms with E-state index in [4.69, 9.17) is 10.2 Å². The molecule has 0 fully saturated rings. The van der Waals surface area contributed by atoms with Crippen LogP contribution in [0.2, 0.25) is 0 Å². The van der Waals surface area contributed by atoms with Gasteiger partial charge in [0, 0.05) is 23.6 Å². The maximum Gasteiger partial charge on any atom is 0.249 e. The molecular formula is C8H17NO4S2. The van der Waals surface area contributed by atoms with Gasteiger partial charge in [-0.15, -0.1) is 0 Å². The lowest BCUT2D eigenvalue weighted by Gasteiger charge is -2.08. The molecule has 0 spiro atoms. The Morgan fingerprint density at radius 2 is 2.07 bits per heavy atom. The van der Waals surface area contributed by atoms with E-state index >= 15 is 0 Å². The molecule has 0 radical (unpaired) electrons. The molecular weight excluding hydrogens is 238 g/mol. The van der Waals surface area contributed by atoms with Gasteiger partial charge in [-0.05, 0) is 0 Å². The molecule has 0 aromatic heterocycles. The Hall–Kier alpha value is -0.110. The molecule has 2 unspecified atom stereocenters. The van der Waals surface area contributed by atoms with Gasteiger partial charge in [-0.3, -0.25) is 0 Å². The lowest BCUT2D eigenvalue weighted by molar-refractivity contribution is 0.113. The average Bonchev–Trinajstić information content (AvgIpc) is 2.13. The van der Waals surface area contributed by atoms with Crippen molar-refractivity contribution in [2.24, 2.45) is 10.3 Å². The maximum atomic E-state index is 10.7. The first kappa shape index (κ1) is 14.9. The second-order valence-electron chi connectivity index (χ2n) is 3.34. The number of hydrogen-bond donors (Lipinski definition) is 2. The third-order valence-electron chi connectivity index (χ3n) is 1.41. The van der Waals surface area contributed by atoms with Gasteiger partial charge in [0.1, 0.15) is 0 Å². The molecule has 0 saturated carbocycles. The van der Waals surface area contributed by atoms with Crippen LogP contribution in [0.15, 0.2) is 4.40 Å². The minimum atomic E-state index is -3.29. The molecule has 0 bridgehead atoms. The topological polar surface area (TPSA) is 87.0 Å². The highest BCUT2D eigenvalue weighted by atomic mass is 32.2. The minimum Gasteiger partial charge on any atom is -0.394 e. The summed E-state index contributed by atoms with van der Waals surface area (Å²) >= 11 is 1.45. The van der Waals surface area contributed by atoms with E-state index in [0.29, 0.717) is 11.5 Å². The van der Waals surface area contributed by atoms with Gasteiger partial charge in [-0.2, -0.15) is 16.2 Å². The first-order chi connectivity index (χ1) is 6.85. The molecule has 0 aliphatic rings. The van der Waals surface area contributed by atoms with Crippen LogP contribution in [0.1, 0.15) is 6.92 Å². The number of hydrogen-bond acceptors (Lipinski definition) is 5. The minimum absolute atomic E-state index is 0.0237. The third-order valence-corrected chi connectivity index (χ3v) is 3.30. The van der Waals surface area contributed by atoms with Crippen molar-refractivity contribution >= 4 is 28.0 Å². The van der Waals surface area contributed by atoms with Crippen molar-refractivity contribution in [3.8, 4) is 0 Å². The highest BCUT2D eigenvalue weighted by Gasteiger charge is 2.05. The molecule has 0 aromatic rings. The highest BCUT2D eigenvalue weighted by Crippen LogP contribution is 2.08. The fraction of sp³-hybridized carbons (Fsp3) is 0.875. The number of nitrogens with zero attached hydrogens (tertiary/aromatic N) is 1. The van der Waals surface area contributed by atoms with E-state index < -0.39 is 16.1 Å². The van der Waals surface area contributed by atoms with Gasteiger partial charge in [0.2, 0.25) is 10.0 Å². The van der Waals surface area contributed by atoms with Gasteiger partial charge in [-0.1, -0.05) is 6.92 Å². The first-order valence-electron chi connectivity index (χ1n) is 4.47. The smallest absolute Gasteiger partial charge is 0.249 e. The Morgan fingerprint density at radius 3 is 2.53 bits per heavy atom. The highest BCUT2D eigenvalue weighted by molar-refractivity contribution is 7.99. The van der Waals surface area contributed by atoms with Crippen molar-refractivity contribution in [2.75, 3.05) is 24.4 Å². The van der Waals surface area contributed by atoms with Crippen molar-refractivity contribution in [1.82, 2.24) is 0 Å². The molecule has 90 valence electrons. The molecule has 7 heteroatoms. The van der Waals surface area contributed by atoms with E-state index in [9.17, 15) is 8.42 Å². The molecule has 15 heavy (non-hydrogen) atoms. The van der Waals surface area contributed by atoms with Gasteiger partial charge in [0.05, 0.1) is 19.0 Å². The Labute approximate surface area is 94.7 Å². The zero-order chi connectivity index (χ0) is 11.9. The summed E-state index contributed by atoms with van der Waals surface area (Å²) in [6, 6.07) is 0. The van der Waals surface area contributed by atoms with Gasteiger partial charge >= 0.3 is 0 Å². The van der Waals surface area contributed by atoms with Crippen molar-refractivity contribution < 1.29 is 18.6 Å². The van der Waals surface area contributed by atoms with Crippen LogP contribution in [-0.2, 0) is 10.0 Å². The van der Waals surface area contributed by atoms with Gasteiger partial charge in [-0.25, -0.2) is 8.42 Å².